The number of hydrogen-bond acceptors (Lipinski definition) is 8. The molecule has 25 heavy (non-hydrogen) atoms. The van der Waals surface area contributed by atoms with Gasteiger partial charge in [0.2, 0.25) is 5.13 Å². The Hall–Kier alpha value is -1.19. The zero-order valence-electron chi connectivity index (χ0n) is 14.6. The van der Waals surface area contributed by atoms with Crippen LogP contribution < -0.4 is 5.32 Å². The molecular formula is C17H24N4O2S2. The van der Waals surface area contributed by atoms with E-state index in [1.807, 2.05) is 12.1 Å². The van der Waals surface area contributed by atoms with Crippen molar-refractivity contribution in [1.82, 2.24) is 15.1 Å². The molecule has 8 heteroatoms. The van der Waals surface area contributed by atoms with E-state index in [4.69, 9.17) is 4.74 Å². The second-order valence-electron chi connectivity index (χ2n) is 6.12. The second kappa shape index (κ2) is 8.95. The average molecular weight is 381 g/mol. The molecule has 1 fully saturated rings. The first-order valence-electron chi connectivity index (χ1n) is 8.39. The first kappa shape index (κ1) is 18.6. The van der Waals surface area contributed by atoms with Gasteiger partial charge in [-0.05, 0) is 31.0 Å². The Kier molecular flexibility index (Phi) is 6.66. The van der Waals surface area contributed by atoms with Gasteiger partial charge < -0.3 is 15.2 Å². The Morgan fingerprint density at radius 1 is 1.32 bits per heavy atom. The Morgan fingerprint density at radius 2 is 2.12 bits per heavy atom. The lowest BCUT2D eigenvalue weighted by molar-refractivity contribution is 0.0188. The first-order valence-corrected chi connectivity index (χ1v) is 10.2. The zero-order valence-corrected chi connectivity index (χ0v) is 16.2. The van der Waals surface area contributed by atoms with Gasteiger partial charge in [-0.1, -0.05) is 35.2 Å². The Balaban J connectivity index is 1.49. The van der Waals surface area contributed by atoms with Crippen LogP contribution in [0, 0.1) is 13.8 Å². The number of aryl methyl sites for hydroxylation is 1. The van der Waals surface area contributed by atoms with Crippen LogP contribution in [-0.4, -0.2) is 64.9 Å². The molecule has 0 unspecified atom stereocenters. The lowest BCUT2D eigenvalue weighted by Gasteiger charge is -2.28. The molecule has 3 rings (SSSR count). The predicted octanol–water partition coefficient (Wildman–Crippen LogP) is 2.68. The minimum Gasteiger partial charge on any atom is -0.391 e. The zero-order chi connectivity index (χ0) is 17.6. The molecule has 1 aliphatic rings. The van der Waals surface area contributed by atoms with Gasteiger partial charge in [0.15, 0.2) is 4.34 Å². The highest BCUT2D eigenvalue weighted by Crippen LogP contribution is 2.29. The summed E-state index contributed by atoms with van der Waals surface area (Å²) in [5, 5.41) is 22.7. The van der Waals surface area contributed by atoms with E-state index in [0.717, 1.165) is 41.5 Å². The molecule has 2 aromatic rings. The lowest BCUT2D eigenvalue weighted by Crippen LogP contribution is -2.41. The summed E-state index contributed by atoms with van der Waals surface area (Å²) in [6, 6.07) is 6.17. The summed E-state index contributed by atoms with van der Waals surface area (Å²) in [6.07, 6.45) is -0.373. The molecule has 0 radical (unpaired) electrons. The molecule has 0 bridgehead atoms. The molecule has 1 aliphatic heterocycles. The van der Waals surface area contributed by atoms with Gasteiger partial charge in [-0.25, -0.2) is 0 Å². The molecule has 0 aliphatic carbocycles. The molecule has 0 amide bonds. The van der Waals surface area contributed by atoms with E-state index in [-0.39, 0.29) is 6.10 Å². The summed E-state index contributed by atoms with van der Waals surface area (Å²) < 4.78 is 6.20. The van der Waals surface area contributed by atoms with E-state index in [1.165, 1.54) is 22.5 Å². The number of β-amino-alcohol motifs (C(OH)–C–C–N with tert-alkyl or cyclic N) is 1. The van der Waals surface area contributed by atoms with Crippen LogP contribution in [0.4, 0.5) is 10.8 Å². The molecule has 6 nitrogen and oxygen atoms in total. The van der Waals surface area contributed by atoms with Gasteiger partial charge in [0.25, 0.3) is 0 Å². The van der Waals surface area contributed by atoms with Crippen LogP contribution in [0.1, 0.15) is 11.1 Å². The minimum absolute atomic E-state index is 0.373. The monoisotopic (exact) mass is 380 g/mol. The number of aliphatic hydroxyl groups is 1. The smallest absolute Gasteiger partial charge is 0.210 e. The van der Waals surface area contributed by atoms with Crippen molar-refractivity contribution in [2.45, 2.75) is 24.3 Å². The summed E-state index contributed by atoms with van der Waals surface area (Å²) >= 11 is 3.07. The van der Waals surface area contributed by atoms with E-state index < -0.39 is 0 Å². The van der Waals surface area contributed by atoms with E-state index in [2.05, 4.69) is 40.3 Å². The number of anilines is 2. The van der Waals surface area contributed by atoms with Crippen LogP contribution in [-0.2, 0) is 4.74 Å². The quantitative estimate of drug-likeness (QED) is 0.716. The molecule has 1 saturated heterocycles. The summed E-state index contributed by atoms with van der Waals surface area (Å²) in [7, 11) is 0. The van der Waals surface area contributed by atoms with E-state index in [1.54, 1.807) is 11.8 Å². The maximum atomic E-state index is 10.2. The van der Waals surface area contributed by atoms with Gasteiger partial charge in [0.1, 0.15) is 0 Å². The number of rotatable bonds is 7. The van der Waals surface area contributed by atoms with Gasteiger partial charge >= 0.3 is 0 Å². The molecule has 136 valence electrons. The molecule has 1 aromatic heterocycles. The van der Waals surface area contributed by atoms with Crippen molar-refractivity contribution in [2.75, 3.05) is 43.9 Å². The Morgan fingerprint density at radius 3 is 2.92 bits per heavy atom. The Labute approximate surface area is 156 Å². The highest BCUT2D eigenvalue weighted by Gasteiger charge is 2.16. The van der Waals surface area contributed by atoms with Crippen LogP contribution in [0.15, 0.2) is 22.5 Å². The highest BCUT2D eigenvalue weighted by molar-refractivity contribution is 8.01. The fourth-order valence-electron chi connectivity index (χ4n) is 2.62. The molecule has 1 atom stereocenters. The van der Waals surface area contributed by atoms with Crippen molar-refractivity contribution in [2.24, 2.45) is 0 Å². The van der Waals surface area contributed by atoms with Gasteiger partial charge in [0.05, 0.1) is 19.3 Å². The fraction of sp³-hybridized carbons (Fsp3) is 0.529. The molecule has 0 spiro atoms. The largest absolute Gasteiger partial charge is 0.391 e. The molecule has 2 heterocycles. The average Bonchev–Trinajstić information content (AvgIpc) is 3.06. The highest BCUT2D eigenvalue weighted by atomic mass is 32.2. The summed E-state index contributed by atoms with van der Waals surface area (Å²) in [4.78, 5) is 2.24. The van der Waals surface area contributed by atoms with Crippen LogP contribution >= 0.6 is 23.1 Å². The van der Waals surface area contributed by atoms with Crippen molar-refractivity contribution in [3.8, 4) is 0 Å². The van der Waals surface area contributed by atoms with E-state index in [9.17, 15) is 5.11 Å². The van der Waals surface area contributed by atoms with Crippen LogP contribution in [0.25, 0.3) is 0 Å². The molecular weight excluding hydrogens is 356 g/mol. The van der Waals surface area contributed by atoms with E-state index >= 15 is 0 Å². The molecule has 0 saturated carbocycles. The van der Waals surface area contributed by atoms with E-state index in [0.29, 0.717) is 12.3 Å². The first-order chi connectivity index (χ1) is 12.1. The van der Waals surface area contributed by atoms with Crippen LogP contribution in [0.5, 0.6) is 0 Å². The number of aromatic nitrogens is 2. The number of hydrogen-bond donors (Lipinski definition) is 2. The summed E-state index contributed by atoms with van der Waals surface area (Å²) in [5.74, 6) is 0.620. The van der Waals surface area contributed by atoms with Crippen molar-refractivity contribution < 1.29 is 9.84 Å². The van der Waals surface area contributed by atoms with Gasteiger partial charge in [-0.2, -0.15) is 0 Å². The predicted molar refractivity (Wildman–Crippen MR) is 103 cm³/mol. The third-order valence-corrected chi connectivity index (χ3v) is 6.34. The van der Waals surface area contributed by atoms with Gasteiger partial charge in [-0.3, -0.25) is 4.90 Å². The number of thioether (sulfide) groups is 1. The number of aliphatic hydroxyl groups excluding tert-OH is 1. The molecule has 1 aromatic carbocycles. The van der Waals surface area contributed by atoms with Crippen LogP contribution in [0.3, 0.4) is 0 Å². The minimum atomic E-state index is -0.373. The number of nitrogens with zero attached hydrogens (tertiary/aromatic N) is 3. The summed E-state index contributed by atoms with van der Waals surface area (Å²) in [5.41, 5.74) is 3.52. The maximum Gasteiger partial charge on any atom is 0.210 e. The van der Waals surface area contributed by atoms with Crippen LogP contribution in [0.2, 0.25) is 0 Å². The number of benzene rings is 1. The lowest BCUT2D eigenvalue weighted by atomic mass is 10.1. The van der Waals surface area contributed by atoms with Gasteiger partial charge in [-0.15, -0.1) is 10.2 Å². The van der Waals surface area contributed by atoms with Crippen molar-refractivity contribution in [1.29, 1.82) is 0 Å². The fourth-order valence-corrected chi connectivity index (χ4v) is 4.33. The number of ether oxygens (including phenoxy) is 1. The third-order valence-electron chi connectivity index (χ3n) is 4.22. The summed E-state index contributed by atoms with van der Waals surface area (Å²) in [6.45, 7) is 8.17. The second-order valence-corrected chi connectivity index (χ2v) is 8.37. The normalized spacial score (nSPS) is 16.8. The SMILES string of the molecule is Cc1cccc(Nc2nnc(SC[C@H](O)CN3CCOCC3)s2)c1C. The van der Waals surface area contributed by atoms with Gasteiger partial charge in [0, 0.05) is 31.1 Å². The number of morpholine rings is 1. The standard InChI is InChI=1S/C17H24N4O2S2/c1-12-4-3-5-15(13(12)2)18-16-19-20-17(25-16)24-11-14(22)10-21-6-8-23-9-7-21/h3-5,14,22H,6-11H2,1-2H3,(H,18,19)/t14-/m1/s1. The molecule has 2 N–H and O–H groups in total. The van der Waals surface area contributed by atoms with Crippen molar-refractivity contribution >= 4 is 33.9 Å². The maximum absolute atomic E-state index is 10.2. The number of nitrogens with one attached hydrogen (secondary N) is 1. The third kappa shape index (κ3) is 5.39. The van der Waals surface area contributed by atoms with Crippen molar-refractivity contribution in [3.63, 3.8) is 0 Å². The van der Waals surface area contributed by atoms with Crippen molar-refractivity contribution in [3.05, 3.63) is 29.3 Å². The topological polar surface area (TPSA) is 70.5 Å². The Bertz CT molecular complexity index is 689.